The van der Waals surface area contributed by atoms with Crippen molar-refractivity contribution in [3.8, 4) is 0 Å². The van der Waals surface area contributed by atoms with Gasteiger partial charge in [0.1, 0.15) is 0 Å². The largest absolute Gasteiger partial charge is 0.390 e. The summed E-state index contributed by atoms with van der Waals surface area (Å²) in [5.41, 5.74) is 2.29. The summed E-state index contributed by atoms with van der Waals surface area (Å²) in [6.45, 7) is 6.44. The first kappa shape index (κ1) is 20.5. The number of hydrogen-bond donors (Lipinski definition) is 1. The number of benzene rings is 2. The van der Waals surface area contributed by atoms with Crippen LogP contribution in [0.2, 0.25) is 0 Å². The Morgan fingerprint density at radius 2 is 1.59 bits per heavy atom. The fourth-order valence-electron chi connectivity index (χ4n) is 4.31. The Morgan fingerprint density at radius 1 is 0.931 bits per heavy atom. The van der Waals surface area contributed by atoms with Gasteiger partial charge in [-0.15, -0.1) is 0 Å². The number of aryl methyl sites for hydroxylation is 1. The fourth-order valence-corrected chi connectivity index (χ4v) is 5.73. The van der Waals surface area contributed by atoms with Crippen molar-refractivity contribution in [3.05, 3.63) is 65.7 Å². The molecule has 4 rings (SSSR count). The SMILES string of the molecule is Cc1ccc(S(=O)(=O)N2CCN([C@@H]3CN(Cc4ccccc4)CC3O)CC2)cc1. The summed E-state index contributed by atoms with van der Waals surface area (Å²) >= 11 is 0. The van der Waals surface area contributed by atoms with Gasteiger partial charge in [0.25, 0.3) is 0 Å². The van der Waals surface area contributed by atoms with E-state index in [0.717, 1.165) is 18.7 Å². The number of β-amino-alcohol motifs (C(OH)–C–C–N with tert-alkyl or cyclic N) is 1. The van der Waals surface area contributed by atoms with Gasteiger partial charge >= 0.3 is 0 Å². The molecule has 2 aromatic rings. The highest BCUT2D eigenvalue weighted by atomic mass is 32.2. The summed E-state index contributed by atoms with van der Waals surface area (Å²) in [6, 6.07) is 17.4. The minimum atomic E-state index is -3.46. The van der Waals surface area contributed by atoms with E-state index in [4.69, 9.17) is 0 Å². The van der Waals surface area contributed by atoms with Crippen LogP contribution in [0, 0.1) is 6.92 Å². The van der Waals surface area contributed by atoms with Crippen LogP contribution in [-0.4, -0.2) is 79.0 Å². The van der Waals surface area contributed by atoms with Crippen LogP contribution in [0.25, 0.3) is 0 Å². The van der Waals surface area contributed by atoms with Gasteiger partial charge in [0, 0.05) is 51.9 Å². The maximum Gasteiger partial charge on any atom is 0.243 e. The molecule has 0 bridgehead atoms. The van der Waals surface area contributed by atoms with Crippen molar-refractivity contribution in [3.63, 3.8) is 0 Å². The van der Waals surface area contributed by atoms with Gasteiger partial charge in [-0.05, 0) is 24.6 Å². The Labute approximate surface area is 173 Å². The van der Waals surface area contributed by atoms with Gasteiger partial charge in [0.2, 0.25) is 10.0 Å². The van der Waals surface area contributed by atoms with E-state index in [1.54, 1.807) is 16.4 Å². The molecule has 0 aliphatic carbocycles. The number of nitrogens with zero attached hydrogens (tertiary/aromatic N) is 3. The van der Waals surface area contributed by atoms with Crippen molar-refractivity contribution in [2.45, 2.75) is 30.5 Å². The summed E-state index contributed by atoms with van der Waals surface area (Å²) in [4.78, 5) is 4.88. The summed E-state index contributed by atoms with van der Waals surface area (Å²) in [5.74, 6) is 0. The smallest absolute Gasteiger partial charge is 0.243 e. The van der Waals surface area contributed by atoms with Gasteiger partial charge in [0.05, 0.1) is 11.0 Å². The molecule has 0 spiro atoms. The third-order valence-corrected chi connectivity index (χ3v) is 7.90. The van der Waals surface area contributed by atoms with Crippen LogP contribution in [0.3, 0.4) is 0 Å². The van der Waals surface area contributed by atoms with E-state index < -0.39 is 16.1 Å². The Hall–Kier alpha value is -1.77. The lowest BCUT2D eigenvalue weighted by atomic mass is 10.1. The molecule has 2 atom stereocenters. The molecule has 2 fully saturated rings. The van der Waals surface area contributed by atoms with Crippen molar-refractivity contribution in [2.24, 2.45) is 0 Å². The summed E-state index contributed by atoms with van der Waals surface area (Å²) in [6.07, 6.45) is -0.404. The Balaban J connectivity index is 1.35. The standard InChI is InChI=1S/C22H29N3O3S/c1-18-7-9-20(10-8-18)29(27,28)25-13-11-24(12-14-25)21-16-23(17-22(21)26)15-19-5-3-2-4-6-19/h2-10,21-22,26H,11-17H2,1H3/t21-,22?/m1/s1. The molecule has 0 radical (unpaired) electrons. The zero-order chi connectivity index (χ0) is 20.4. The first-order chi connectivity index (χ1) is 13.9. The average molecular weight is 416 g/mol. The normalized spacial score (nSPS) is 24.8. The van der Waals surface area contributed by atoms with Gasteiger partial charge in [-0.2, -0.15) is 4.31 Å². The molecule has 156 valence electrons. The highest BCUT2D eigenvalue weighted by Crippen LogP contribution is 2.23. The fraction of sp³-hybridized carbons (Fsp3) is 0.455. The molecule has 2 heterocycles. The minimum Gasteiger partial charge on any atom is -0.390 e. The number of hydrogen-bond acceptors (Lipinski definition) is 5. The lowest BCUT2D eigenvalue weighted by Gasteiger charge is -2.38. The number of piperazine rings is 1. The quantitative estimate of drug-likeness (QED) is 0.803. The zero-order valence-electron chi connectivity index (χ0n) is 16.8. The third-order valence-electron chi connectivity index (χ3n) is 5.98. The molecular formula is C22H29N3O3S. The van der Waals surface area contributed by atoms with Gasteiger partial charge in [-0.1, -0.05) is 48.0 Å². The highest BCUT2D eigenvalue weighted by molar-refractivity contribution is 7.89. The molecule has 7 heteroatoms. The van der Waals surface area contributed by atoms with Crippen LogP contribution in [0.15, 0.2) is 59.5 Å². The van der Waals surface area contributed by atoms with Gasteiger partial charge < -0.3 is 5.11 Å². The molecule has 2 aromatic carbocycles. The monoisotopic (exact) mass is 415 g/mol. The molecule has 1 N–H and O–H groups in total. The topological polar surface area (TPSA) is 64.1 Å². The summed E-state index contributed by atoms with van der Waals surface area (Å²) < 4.78 is 27.4. The Kier molecular flexibility index (Phi) is 6.03. The second-order valence-corrected chi connectivity index (χ2v) is 10.0. The van der Waals surface area contributed by atoms with Gasteiger partial charge in [0.15, 0.2) is 0 Å². The van der Waals surface area contributed by atoms with Crippen LogP contribution >= 0.6 is 0 Å². The first-order valence-electron chi connectivity index (χ1n) is 10.2. The van der Waals surface area contributed by atoms with Crippen molar-refractivity contribution in [1.29, 1.82) is 0 Å². The van der Waals surface area contributed by atoms with Crippen LogP contribution in [0.4, 0.5) is 0 Å². The van der Waals surface area contributed by atoms with Crippen molar-refractivity contribution in [2.75, 3.05) is 39.3 Å². The van der Waals surface area contributed by atoms with Gasteiger partial charge in [-0.3, -0.25) is 9.80 Å². The molecule has 0 amide bonds. The van der Waals surface area contributed by atoms with E-state index >= 15 is 0 Å². The number of aliphatic hydroxyl groups excluding tert-OH is 1. The lowest BCUT2D eigenvalue weighted by molar-refractivity contribution is 0.0618. The predicted octanol–water partition coefficient (Wildman–Crippen LogP) is 1.55. The molecule has 0 aromatic heterocycles. The third kappa shape index (κ3) is 4.54. The molecule has 2 aliphatic rings. The van der Waals surface area contributed by atoms with Crippen LogP contribution < -0.4 is 0 Å². The van der Waals surface area contributed by atoms with Crippen molar-refractivity contribution >= 4 is 10.0 Å². The number of aliphatic hydroxyl groups is 1. The maximum atomic E-state index is 12.9. The van der Waals surface area contributed by atoms with E-state index in [2.05, 4.69) is 21.9 Å². The van der Waals surface area contributed by atoms with E-state index in [0.29, 0.717) is 37.6 Å². The van der Waals surface area contributed by atoms with Crippen LogP contribution in [0.5, 0.6) is 0 Å². The number of rotatable bonds is 5. The molecule has 6 nitrogen and oxygen atoms in total. The van der Waals surface area contributed by atoms with Crippen molar-refractivity contribution in [1.82, 2.24) is 14.1 Å². The molecule has 2 aliphatic heterocycles. The van der Waals surface area contributed by atoms with E-state index in [1.807, 2.05) is 37.3 Å². The minimum absolute atomic E-state index is 0.0583. The summed E-state index contributed by atoms with van der Waals surface area (Å²) in [7, 11) is -3.46. The Morgan fingerprint density at radius 3 is 2.24 bits per heavy atom. The second-order valence-electron chi connectivity index (χ2n) is 8.07. The number of likely N-dealkylation sites (tertiary alicyclic amines) is 1. The van der Waals surface area contributed by atoms with Crippen LogP contribution in [-0.2, 0) is 16.6 Å². The van der Waals surface area contributed by atoms with Crippen LogP contribution in [0.1, 0.15) is 11.1 Å². The Bertz CT molecular complexity index is 910. The first-order valence-corrected chi connectivity index (χ1v) is 11.6. The lowest BCUT2D eigenvalue weighted by Crippen LogP contribution is -2.54. The maximum absolute atomic E-state index is 12.9. The van der Waals surface area contributed by atoms with Crippen molar-refractivity contribution < 1.29 is 13.5 Å². The van der Waals surface area contributed by atoms with E-state index in [-0.39, 0.29) is 6.04 Å². The molecule has 1 unspecified atom stereocenters. The van der Waals surface area contributed by atoms with E-state index in [1.165, 1.54) is 5.56 Å². The number of sulfonamides is 1. The predicted molar refractivity (Wildman–Crippen MR) is 113 cm³/mol. The average Bonchev–Trinajstić information content (AvgIpc) is 3.09. The highest BCUT2D eigenvalue weighted by Gasteiger charge is 2.38. The molecular weight excluding hydrogens is 386 g/mol. The van der Waals surface area contributed by atoms with Gasteiger partial charge in [-0.25, -0.2) is 8.42 Å². The summed E-state index contributed by atoms with van der Waals surface area (Å²) in [5, 5.41) is 10.6. The second kappa shape index (κ2) is 8.53. The van der Waals surface area contributed by atoms with E-state index in [9.17, 15) is 13.5 Å². The molecule has 0 saturated carbocycles. The molecule has 2 saturated heterocycles. The zero-order valence-corrected chi connectivity index (χ0v) is 17.6. The molecule has 29 heavy (non-hydrogen) atoms.